The monoisotopic (exact) mass is 276 g/mol. The summed E-state index contributed by atoms with van der Waals surface area (Å²) in [5.74, 6) is 0.580. The molecular weight excluding hydrogens is 252 g/mol. The molecule has 1 amide bonds. The fourth-order valence-corrected chi connectivity index (χ4v) is 2.45. The van der Waals surface area contributed by atoms with Crippen LogP contribution in [0, 0.1) is 0 Å². The lowest BCUT2D eigenvalue weighted by atomic mass is 9.90. The van der Waals surface area contributed by atoms with Crippen LogP contribution in [0.1, 0.15) is 45.1 Å². The molecule has 1 aliphatic rings. The van der Waals surface area contributed by atoms with E-state index >= 15 is 0 Å². The highest BCUT2D eigenvalue weighted by molar-refractivity contribution is 5.84. The molecule has 1 saturated heterocycles. The van der Waals surface area contributed by atoms with Crippen LogP contribution in [0.3, 0.4) is 0 Å². The predicted molar refractivity (Wildman–Crippen MR) is 81.1 cm³/mol. The van der Waals surface area contributed by atoms with Crippen LogP contribution in [-0.4, -0.2) is 24.8 Å². The Labute approximate surface area is 120 Å². The molecule has 1 aromatic rings. The van der Waals surface area contributed by atoms with Crippen molar-refractivity contribution < 1.29 is 9.53 Å². The first-order chi connectivity index (χ1) is 9.44. The third kappa shape index (κ3) is 4.53. The highest BCUT2D eigenvalue weighted by Gasteiger charge is 2.18. The van der Waals surface area contributed by atoms with Gasteiger partial charge in [0.25, 0.3) is 0 Å². The maximum atomic E-state index is 11.8. The van der Waals surface area contributed by atoms with Crippen LogP contribution < -0.4 is 10.6 Å². The molecule has 20 heavy (non-hydrogen) atoms. The first kappa shape index (κ1) is 14.9. The molecule has 0 aliphatic carbocycles. The van der Waals surface area contributed by atoms with Crippen molar-refractivity contribution in [2.75, 3.05) is 18.4 Å². The molecule has 4 nitrogen and oxygen atoms in total. The molecule has 0 aromatic heterocycles. The Morgan fingerprint density at radius 1 is 1.30 bits per heavy atom. The summed E-state index contributed by atoms with van der Waals surface area (Å²) in [6, 6.07) is 8.08. The number of carbonyl (C=O) groups excluding carboxylic acids is 1. The van der Waals surface area contributed by atoms with Gasteiger partial charge >= 0.3 is 6.09 Å². The van der Waals surface area contributed by atoms with Crippen LogP contribution in [0.2, 0.25) is 0 Å². The van der Waals surface area contributed by atoms with Crippen molar-refractivity contribution in [2.24, 2.45) is 0 Å². The Morgan fingerprint density at radius 3 is 2.65 bits per heavy atom. The van der Waals surface area contributed by atoms with E-state index in [1.54, 1.807) is 0 Å². The molecule has 110 valence electrons. The van der Waals surface area contributed by atoms with Crippen molar-refractivity contribution in [3.63, 3.8) is 0 Å². The lowest BCUT2D eigenvalue weighted by Gasteiger charge is -2.23. The molecule has 1 heterocycles. The van der Waals surface area contributed by atoms with E-state index in [1.807, 2.05) is 32.9 Å². The fraction of sp³-hybridized carbons (Fsp3) is 0.562. The second-order valence-corrected chi connectivity index (χ2v) is 6.28. The molecule has 0 saturated carbocycles. The van der Waals surface area contributed by atoms with Crippen LogP contribution >= 0.6 is 0 Å². The SMILES string of the molecule is CC(C)(C)OC(=O)Nc1cccc(C2CCNCC2)c1. The zero-order valence-corrected chi connectivity index (χ0v) is 12.5. The number of amides is 1. The van der Waals surface area contributed by atoms with Crippen molar-refractivity contribution in [2.45, 2.75) is 45.1 Å². The molecule has 2 rings (SSSR count). The van der Waals surface area contributed by atoms with Gasteiger partial charge in [0.15, 0.2) is 0 Å². The first-order valence-electron chi connectivity index (χ1n) is 7.25. The van der Waals surface area contributed by atoms with Gasteiger partial charge in [-0.15, -0.1) is 0 Å². The normalized spacial score (nSPS) is 16.8. The van der Waals surface area contributed by atoms with Gasteiger partial charge in [-0.3, -0.25) is 5.32 Å². The maximum Gasteiger partial charge on any atom is 0.412 e. The van der Waals surface area contributed by atoms with Gasteiger partial charge in [0, 0.05) is 5.69 Å². The number of ether oxygens (including phenoxy) is 1. The number of anilines is 1. The molecular formula is C16H24N2O2. The molecule has 1 aromatic carbocycles. The van der Waals surface area contributed by atoms with Crippen molar-refractivity contribution in [3.05, 3.63) is 29.8 Å². The second-order valence-electron chi connectivity index (χ2n) is 6.28. The van der Waals surface area contributed by atoms with Gasteiger partial charge in [-0.25, -0.2) is 4.79 Å². The summed E-state index contributed by atoms with van der Waals surface area (Å²) < 4.78 is 5.27. The Bertz CT molecular complexity index is 460. The summed E-state index contributed by atoms with van der Waals surface area (Å²) in [6.45, 7) is 7.71. The Balaban J connectivity index is 2.00. The number of hydrogen-bond acceptors (Lipinski definition) is 3. The van der Waals surface area contributed by atoms with Gasteiger partial charge in [0.05, 0.1) is 0 Å². The summed E-state index contributed by atoms with van der Waals surface area (Å²) in [6.07, 6.45) is 1.89. The summed E-state index contributed by atoms with van der Waals surface area (Å²) in [4.78, 5) is 11.8. The predicted octanol–water partition coefficient (Wildman–Crippen LogP) is 3.50. The standard InChI is InChI=1S/C16H24N2O2/c1-16(2,3)20-15(19)18-14-6-4-5-13(11-14)12-7-9-17-10-8-12/h4-6,11-12,17H,7-10H2,1-3H3,(H,18,19). The third-order valence-electron chi connectivity index (χ3n) is 3.34. The van der Waals surface area contributed by atoms with E-state index in [2.05, 4.69) is 22.8 Å². The number of rotatable bonds is 2. The van der Waals surface area contributed by atoms with Crippen molar-refractivity contribution in [1.29, 1.82) is 0 Å². The lowest BCUT2D eigenvalue weighted by molar-refractivity contribution is 0.0636. The topological polar surface area (TPSA) is 50.4 Å². The largest absolute Gasteiger partial charge is 0.444 e. The highest BCUT2D eigenvalue weighted by Crippen LogP contribution is 2.27. The van der Waals surface area contributed by atoms with Crippen molar-refractivity contribution >= 4 is 11.8 Å². The summed E-state index contributed by atoms with van der Waals surface area (Å²) in [5, 5.41) is 6.17. The summed E-state index contributed by atoms with van der Waals surface area (Å²) >= 11 is 0. The molecule has 0 radical (unpaired) electrons. The van der Waals surface area contributed by atoms with Gasteiger partial charge in [0.2, 0.25) is 0 Å². The number of carbonyl (C=O) groups is 1. The van der Waals surface area contributed by atoms with Crippen molar-refractivity contribution in [3.8, 4) is 0 Å². The number of benzene rings is 1. The first-order valence-corrected chi connectivity index (χ1v) is 7.25. The number of piperidine rings is 1. The Hall–Kier alpha value is -1.55. The smallest absolute Gasteiger partial charge is 0.412 e. The van der Waals surface area contributed by atoms with E-state index in [1.165, 1.54) is 5.56 Å². The minimum atomic E-state index is -0.475. The van der Waals surface area contributed by atoms with Gasteiger partial charge in [-0.05, 0) is 70.3 Å². The van der Waals surface area contributed by atoms with E-state index in [0.717, 1.165) is 31.6 Å². The molecule has 0 bridgehead atoms. The Kier molecular flexibility index (Phi) is 4.65. The second kappa shape index (κ2) is 6.27. The zero-order valence-electron chi connectivity index (χ0n) is 12.5. The van der Waals surface area contributed by atoms with Gasteiger partial charge in [-0.2, -0.15) is 0 Å². The Morgan fingerprint density at radius 2 is 2.00 bits per heavy atom. The number of nitrogens with one attached hydrogen (secondary N) is 2. The van der Waals surface area contributed by atoms with Crippen LogP contribution in [0.5, 0.6) is 0 Å². The van der Waals surface area contributed by atoms with E-state index < -0.39 is 11.7 Å². The average Bonchev–Trinajstić information content (AvgIpc) is 2.38. The molecule has 4 heteroatoms. The molecule has 1 aliphatic heterocycles. The van der Waals surface area contributed by atoms with Crippen LogP contribution in [-0.2, 0) is 4.74 Å². The van der Waals surface area contributed by atoms with Crippen LogP contribution in [0.15, 0.2) is 24.3 Å². The minimum Gasteiger partial charge on any atom is -0.444 e. The molecule has 1 fully saturated rings. The molecule has 0 spiro atoms. The van der Waals surface area contributed by atoms with Gasteiger partial charge in [0.1, 0.15) is 5.60 Å². The van der Waals surface area contributed by atoms with Gasteiger partial charge < -0.3 is 10.1 Å². The minimum absolute atomic E-state index is 0.403. The third-order valence-corrected chi connectivity index (χ3v) is 3.34. The molecule has 2 N–H and O–H groups in total. The quantitative estimate of drug-likeness (QED) is 0.869. The van der Waals surface area contributed by atoms with E-state index in [0.29, 0.717) is 5.92 Å². The molecule has 0 atom stereocenters. The summed E-state index contributed by atoms with van der Waals surface area (Å²) in [5.41, 5.74) is 1.62. The van der Waals surface area contributed by atoms with Crippen LogP contribution in [0.4, 0.5) is 10.5 Å². The van der Waals surface area contributed by atoms with Crippen molar-refractivity contribution in [1.82, 2.24) is 5.32 Å². The van der Waals surface area contributed by atoms with Gasteiger partial charge in [-0.1, -0.05) is 12.1 Å². The lowest BCUT2D eigenvalue weighted by Crippen LogP contribution is -2.27. The van der Waals surface area contributed by atoms with E-state index in [-0.39, 0.29) is 0 Å². The maximum absolute atomic E-state index is 11.8. The average molecular weight is 276 g/mol. The number of hydrogen-bond donors (Lipinski definition) is 2. The fourth-order valence-electron chi connectivity index (χ4n) is 2.45. The highest BCUT2D eigenvalue weighted by atomic mass is 16.6. The molecule has 0 unspecified atom stereocenters. The van der Waals surface area contributed by atoms with E-state index in [9.17, 15) is 4.79 Å². The zero-order chi connectivity index (χ0) is 14.6. The summed E-state index contributed by atoms with van der Waals surface area (Å²) in [7, 11) is 0. The van der Waals surface area contributed by atoms with Crippen LogP contribution in [0.25, 0.3) is 0 Å². The van der Waals surface area contributed by atoms with E-state index in [4.69, 9.17) is 4.74 Å².